The van der Waals surface area contributed by atoms with Crippen molar-refractivity contribution >= 4 is 28.9 Å². The quantitative estimate of drug-likeness (QED) is 0.187. The summed E-state index contributed by atoms with van der Waals surface area (Å²) >= 11 is 0. The van der Waals surface area contributed by atoms with Crippen molar-refractivity contribution in [1.29, 1.82) is 0 Å². The SMILES string of the molecule is COC(=O)NCNC(=O)Cc1cc(=O)oc2cc(OC3OC(C(=O)O)[C@@H](O)[C@@H](O)C3O)ccc12. The van der Waals surface area contributed by atoms with Gasteiger partial charge in [-0.25, -0.2) is 14.4 Å². The Morgan fingerprint density at radius 2 is 1.79 bits per heavy atom. The van der Waals surface area contributed by atoms with Gasteiger partial charge in [0.25, 0.3) is 0 Å². The van der Waals surface area contributed by atoms with Gasteiger partial charge >= 0.3 is 17.7 Å². The average molecular weight is 482 g/mol. The van der Waals surface area contributed by atoms with E-state index in [1.165, 1.54) is 25.3 Å². The van der Waals surface area contributed by atoms with Crippen LogP contribution < -0.4 is 21.0 Å². The number of hydrogen-bond donors (Lipinski definition) is 6. The Bertz CT molecular complexity index is 1130. The topological polar surface area (TPSA) is 214 Å². The number of hydrogen-bond acceptors (Lipinski definition) is 11. The molecule has 1 fully saturated rings. The number of carboxylic acid groups (broad SMARTS) is 1. The van der Waals surface area contributed by atoms with Crippen LogP contribution in [0.2, 0.25) is 0 Å². The molecule has 0 bridgehead atoms. The van der Waals surface area contributed by atoms with Gasteiger partial charge in [-0.3, -0.25) is 4.79 Å². The van der Waals surface area contributed by atoms with Gasteiger partial charge in [0.15, 0.2) is 6.10 Å². The third kappa shape index (κ3) is 5.60. The average Bonchev–Trinajstić information content (AvgIpc) is 2.78. The van der Waals surface area contributed by atoms with E-state index in [1.807, 2.05) is 0 Å². The summed E-state index contributed by atoms with van der Waals surface area (Å²) in [6.07, 6.45) is -9.96. The summed E-state index contributed by atoms with van der Waals surface area (Å²) < 4.78 is 20.0. The van der Waals surface area contributed by atoms with E-state index in [4.69, 9.17) is 19.0 Å². The monoisotopic (exact) mass is 482 g/mol. The number of aliphatic hydroxyl groups is 3. The number of fused-ring (bicyclic) bond motifs is 1. The van der Waals surface area contributed by atoms with Gasteiger partial charge in [0, 0.05) is 17.5 Å². The van der Waals surface area contributed by atoms with E-state index in [0.29, 0.717) is 10.9 Å². The molecule has 1 aliphatic heterocycles. The molecule has 1 saturated heterocycles. The Balaban J connectivity index is 1.77. The first-order chi connectivity index (χ1) is 16.1. The summed E-state index contributed by atoms with van der Waals surface area (Å²) in [5.74, 6) is -2.09. The third-order valence-electron chi connectivity index (χ3n) is 4.92. The smallest absolute Gasteiger partial charge is 0.408 e. The van der Waals surface area contributed by atoms with Gasteiger partial charge < -0.3 is 49.7 Å². The van der Waals surface area contributed by atoms with Crippen molar-refractivity contribution in [3.63, 3.8) is 0 Å². The summed E-state index contributed by atoms with van der Waals surface area (Å²) in [5.41, 5.74) is -0.438. The Labute approximate surface area is 190 Å². The molecule has 1 aromatic heterocycles. The first-order valence-corrected chi connectivity index (χ1v) is 9.85. The van der Waals surface area contributed by atoms with E-state index in [2.05, 4.69) is 15.4 Å². The molecule has 5 atom stereocenters. The molecule has 14 heteroatoms. The highest BCUT2D eigenvalue weighted by molar-refractivity contribution is 5.87. The first kappa shape index (κ1) is 24.9. The molecule has 14 nitrogen and oxygen atoms in total. The molecule has 0 spiro atoms. The molecular formula is C20H22N2O12. The normalized spacial score (nSPS) is 24.3. The molecule has 2 heterocycles. The van der Waals surface area contributed by atoms with Gasteiger partial charge in [0.2, 0.25) is 12.2 Å². The highest BCUT2D eigenvalue weighted by Gasteiger charge is 2.48. The lowest BCUT2D eigenvalue weighted by molar-refractivity contribution is -0.271. The summed E-state index contributed by atoms with van der Waals surface area (Å²) in [7, 11) is 1.17. The van der Waals surface area contributed by atoms with Gasteiger partial charge in [-0.15, -0.1) is 0 Å². The van der Waals surface area contributed by atoms with Crippen LogP contribution in [0.4, 0.5) is 4.79 Å². The maximum atomic E-state index is 12.1. The number of benzene rings is 1. The van der Waals surface area contributed by atoms with Crippen molar-refractivity contribution < 1.29 is 53.4 Å². The van der Waals surface area contributed by atoms with E-state index < -0.39 is 54.3 Å². The Kier molecular flexibility index (Phi) is 7.68. The standard InChI is InChI=1S/C20H22N2O12/c1-31-20(30)22-7-21-12(23)4-8-5-13(24)33-11-6-9(2-3-10(8)11)32-19-16(27)14(25)15(26)17(34-19)18(28)29/h2-3,5-6,14-17,19,25-27H,4,7H2,1H3,(H,21,23)(H,22,30)(H,28,29)/t14-,15+,16?,17?,19?/m1/s1. The van der Waals surface area contributed by atoms with Gasteiger partial charge in [-0.05, 0) is 17.7 Å². The molecule has 1 aliphatic rings. The van der Waals surface area contributed by atoms with E-state index >= 15 is 0 Å². The Morgan fingerprint density at radius 3 is 2.47 bits per heavy atom. The minimum Gasteiger partial charge on any atom is -0.479 e. The number of nitrogens with one attached hydrogen (secondary N) is 2. The highest BCUT2D eigenvalue weighted by Crippen LogP contribution is 2.28. The molecule has 0 aliphatic carbocycles. The minimum atomic E-state index is -1.88. The van der Waals surface area contributed by atoms with Crippen molar-refractivity contribution in [1.82, 2.24) is 10.6 Å². The fourth-order valence-corrected chi connectivity index (χ4v) is 3.24. The van der Waals surface area contributed by atoms with Crippen LogP contribution in [0.25, 0.3) is 11.0 Å². The van der Waals surface area contributed by atoms with Gasteiger partial charge in [0.05, 0.1) is 20.2 Å². The molecule has 2 amide bonds. The second-order valence-corrected chi connectivity index (χ2v) is 7.22. The lowest BCUT2D eigenvalue weighted by Gasteiger charge is -2.38. The van der Waals surface area contributed by atoms with Crippen molar-refractivity contribution in [2.75, 3.05) is 13.8 Å². The number of carboxylic acids is 1. The molecule has 3 rings (SSSR count). The number of aliphatic hydroxyl groups excluding tert-OH is 3. The number of ether oxygens (including phenoxy) is 3. The number of amides is 2. The van der Waals surface area contributed by atoms with Crippen LogP contribution >= 0.6 is 0 Å². The summed E-state index contributed by atoms with van der Waals surface area (Å²) in [5, 5.41) is 43.9. The van der Waals surface area contributed by atoms with Crippen LogP contribution in [-0.2, 0) is 25.5 Å². The number of alkyl carbamates (subject to hydrolysis) is 1. The lowest BCUT2D eigenvalue weighted by Crippen LogP contribution is -2.61. The van der Waals surface area contributed by atoms with E-state index in [0.717, 1.165) is 6.07 Å². The van der Waals surface area contributed by atoms with E-state index in [1.54, 1.807) is 0 Å². The van der Waals surface area contributed by atoms with Crippen LogP contribution in [0.3, 0.4) is 0 Å². The Hall–Kier alpha value is -3.72. The van der Waals surface area contributed by atoms with Gasteiger partial charge in [0.1, 0.15) is 29.6 Å². The van der Waals surface area contributed by atoms with Crippen molar-refractivity contribution in [2.24, 2.45) is 0 Å². The first-order valence-electron chi connectivity index (χ1n) is 9.85. The number of rotatable bonds is 7. The third-order valence-corrected chi connectivity index (χ3v) is 4.92. The van der Waals surface area contributed by atoms with Crippen molar-refractivity contribution in [3.8, 4) is 5.75 Å². The zero-order valence-corrected chi connectivity index (χ0v) is 17.7. The predicted molar refractivity (Wildman–Crippen MR) is 110 cm³/mol. The molecular weight excluding hydrogens is 460 g/mol. The number of aliphatic carboxylic acids is 1. The van der Waals surface area contributed by atoms with Gasteiger partial charge in [-0.2, -0.15) is 0 Å². The second-order valence-electron chi connectivity index (χ2n) is 7.22. The zero-order chi connectivity index (χ0) is 25.0. The molecule has 1 aromatic carbocycles. The van der Waals surface area contributed by atoms with Crippen molar-refractivity contribution in [2.45, 2.75) is 37.1 Å². The van der Waals surface area contributed by atoms with E-state index in [-0.39, 0.29) is 24.4 Å². The van der Waals surface area contributed by atoms with E-state index in [9.17, 15) is 34.5 Å². The van der Waals surface area contributed by atoms with Crippen molar-refractivity contribution in [3.05, 3.63) is 40.2 Å². The molecule has 0 radical (unpaired) electrons. The number of methoxy groups -OCH3 is 1. The second kappa shape index (κ2) is 10.5. The molecule has 3 unspecified atom stereocenters. The Morgan fingerprint density at radius 1 is 1.06 bits per heavy atom. The summed E-state index contributed by atoms with van der Waals surface area (Å²) in [6.45, 7) is -0.190. The largest absolute Gasteiger partial charge is 0.479 e. The summed E-state index contributed by atoms with van der Waals surface area (Å²) in [6, 6.07) is 5.21. The van der Waals surface area contributed by atoms with Crippen LogP contribution in [-0.4, -0.2) is 82.9 Å². The number of carbonyl (C=O) groups is 3. The van der Waals surface area contributed by atoms with Crippen LogP contribution in [0, 0.1) is 0 Å². The molecule has 0 saturated carbocycles. The predicted octanol–water partition coefficient (Wildman–Crippen LogP) is -1.96. The fraction of sp³-hybridized carbons (Fsp3) is 0.400. The van der Waals surface area contributed by atoms with Crippen LogP contribution in [0.15, 0.2) is 33.5 Å². The molecule has 6 N–H and O–H groups in total. The van der Waals surface area contributed by atoms with Crippen LogP contribution in [0.1, 0.15) is 5.56 Å². The fourth-order valence-electron chi connectivity index (χ4n) is 3.24. The lowest BCUT2D eigenvalue weighted by atomic mass is 9.99. The minimum absolute atomic E-state index is 0.0150. The van der Waals surface area contributed by atoms with Gasteiger partial charge in [-0.1, -0.05) is 0 Å². The molecule has 184 valence electrons. The zero-order valence-electron chi connectivity index (χ0n) is 17.7. The number of carbonyl (C=O) groups excluding carboxylic acids is 2. The summed E-state index contributed by atoms with van der Waals surface area (Å²) in [4.78, 5) is 46.4. The van der Waals surface area contributed by atoms with Crippen LogP contribution in [0.5, 0.6) is 5.75 Å². The maximum absolute atomic E-state index is 12.1. The molecule has 34 heavy (non-hydrogen) atoms. The molecule has 2 aromatic rings. The highest BCUT2D eigenvalue weighted by atomic mass is 16.7. The maximum Gasteiger partial charge on any atom is 0.408 e.